The van der Waals surface area contributed by atoms with Gasteiger partial charge in [-0.1, -0.05) is 54.6 Å². The second kappa shape index (κ2) is 14.9. The van der Waals surface area contributed by atoms with Gasteiger partial charge in [-0.15, -0.1) is 0 Å². The molecule has 0 spiro atoms. The van der Waals surface area contributed by atoms with Gasteiger partial charge >= 0.3 is 0 Å². The Balaban J connectivity index is 1.01. The molecule has 1 aromatic heterocycles. The lowest BCUT2D eigenvalue weighted by Crippen LogP contribution is -2.11. The van der Waals surface area contributed by atoms with Crippen molar-refractivity contribution in [2.45, 2.75) is 55.4 Å². The van der Waals surface area contributed by atoms with E-state index in [-0.39, 0.29) is 0 Å². The predicted octanol–water partition coefficient (Wildman–Crippen LogP) is 17.0. The molecule has 0 saturated heterocycles. The fourth-order valence-electron chi connectivity index (χ4n) is 9.59. The summed E-state index contributed by atoms with van der Waals surface area (Å²) in [4.78, 5) is 4.77. The molecule has 0 radical (unpaired) electrons. The maximum atomic E-state index is 6.68. The van der Waals surface area contributed by atoms with Crippen LogP contribution in [0.4, 0.5) is 34.1 Å². The van der Waals surface area contributed by atoms with E-state index in [9.17, 15) is 0 Å². The largest absolute Gasteiger partial charge is 0.456 e. The monoisotopic (exact) mass is 790 g/mol. The van der Waals surface area contributed by atoms with E-state index in [0.29, 0.717) is 0 Å². The van der Waals surface area contributed by atoms with Crippen LogP contribution < -0.4 is 9.80 Å². The zero-order valence-corrected chi connectivity index (χ0v) is 36.3. The molecule has 0 atom stereocenters. The van der Waals surface area contributed by atoms with Crippen LogP contribution in [0, 0.1) is 55.4 Å². The highest BCUT2D eigenvalue weighted by molar-refractivity contribution is 6.11. The molecular formula is C58H50N2O. The zero-order chi connectivity index (χ0) is 42.1. The number of rotatable bonds is 7. The smallest absolute Gasteiger partial charge is 0.136 e. The number of nitrogens with zero attached hydrogens (tertiary/aromatic N) is 2. The van der Waals surface area contributed by atoms with E-state index in [1.54, 1.807) is 0 Å². The molecule has 0 aliphatic rings. The first kappa shape index (κ1) is 38.1. The molecule has 0 unspecified atom stereocenters. The van der Waals surface area contributed by atoms with E-state index >= 15 is 0 Å². The van der Waals surface area contributed by atoms with Crippen LogP contribution in [-0.4, -0.2) is 0 Å². The normalized spacial score (nSPS) is 11.6. The van der Waals surface area contributed by atoms with Gasteiger partial charge in [-0.25, -0.2) is 0 Å². The Morgan fingerprint density at radius 1 is 0.262 bits per heavy atom. The summed E-state index contributed by atoms with van der Waals surface area (Å²) in [5.74, 6) is 0. The van der Waals surface area contributed by atoms with Crippen molar-refractivity contribution in [3.63, 3.8) is 0 Å². The molecule has 9 aromatic carbocycles. The van der Waals surface area contributed by atoms with Gasteiger partial charge in [-0.3, -0.25) is 0 Å². The first-order valence-electron chi connectivity index (χ1n) is 21.3. The Labute approximate surface area is 359 Å². The predicted molar refractivity (Wildman–Crippen MR) is 261 cm³/mol. The molecule has 0 bridgehead atoms. The third-order valence-electron chi connectivity index (χ3n) is 11.9. The zero-order valence-electron chi connectivity index (χ0n) is 36.3. The van der Waals surface area contributed by atoms with Crippen LogP contribution in [0.15, 0.2) is 162 Å². The SMILES string of the molecule is Cc1cc(C)cc(N(c2cc(C)cc(C)c2)c2ccc3cc(-c4ccc5c(c4)oc4cc6cc(N(c7cc(C)cc(C)c7)c7cc(C)cc(C)c7)ccc6cc45)ccc3c2)c1. The van der Waals surface area contributed by atoms with Crippen LogP contribution in [0.1, 0.15) is 44.5 Å². The fraction of sp³-hybridized carbons (Fsp3) is 0.138. The summed E-state index contributed by atoms with van der Waals surface area (Å²) < 4.78 is 6.68. The molecule has 0 fully saturated rings. The van der Waals surface area contributed by atoms with Gasteiger partial charge in [0.15, 0.2) is 0 Å². The first-order chi connectivity index (χ1) is 29.4. The van der Waals surface area contributed by atoms with E-state index in [1.807, 2.05) is 0 Å². The lowest BCUT2D eigenvalue weighted by Gasteiger charge is -2.27. The highest BCUT2D eigenvalue weighted by Gasteiger charge is 2.18. The van der Waals surface area contributed by atoms with E-state index in [1.165, 1.54) is 72.0 Å². The molecule has 0 N–H and O–H groups in total. The van der Waals surface area contributed by atoms with Gasteiger partial charge in [-0.2, -0.15) is 0 Å². The summed E-state index contributed by atoms with van der Waals surface area (Å²) in [6, 6.07) is 58.7. The number of benzene rings is 9. The van der Waals surface area contributed by atoms with Crippen molar-refractivity contribution >= 4 is 77.6 Å². The summed E-state index contributed by atoms with van der Waals surface area (Å²) >= 11 is 0. The Kier molecular flexibility index (Phi) is 9.29. The third-order valence-corrected chi connectivity index (χ3v) is 11.9. The van der Waals surface area contributed by atoms with Gasteiger partial charge in [0.1, 0.15) is 11.2 Å². The van der Waals surface area contributed by atoms with Gasteiger partial charge < -0.3 is 14.2 Å². The molecular weight excluding hydrogens is 741 g/mol. The highest BCUT2D eigenvalue weighted by atomic mass is 16.3. The van der Waals surface area contributed by atoms with Crippen LogP contribution in [0.2, 0.25) is 0 Å². The number of aryl methyl sites for hydroxylation is 8. The molecule has 10 aromatic rings. The molecule has 0 saturated carbocycles. The molecule has 1 heterocycles. The quantitative estimate of drug-likeness (QED) is 0.160. The van der Waals surface area contributed by atoms with Crippen molar-refractivity contribution in [1.82, 2.24) is 0 Å². The van der Waals surface area contributed by atoms with Crippen LogP contribution in [0.5, 0.6) is 0 Å². The molecule has 61 heavy (non-hydrogen) atoms. The Morgan fingerprint density at radius 3 is 1.10 bits per heavy atom. The van der Waals surface area contributed by atoms with Gasteiger partial charge in [0.2, 0.25) is 0 Å². The number of anilines is 6. The lowest BCUT2D eigenvalue weighted by atomic mass is 9.99. The minimum absolute atomic E-state index is 0.892. The van der Waals surface area contributed by atoms with Crippen LogP contribution in [0.3, 0.4) is 0 Å². The van der Waals surface area contributed by atoms with Crippen molar-refractivity contribution in [2.24, 2.45) is 0 Å². The number of furan rings is 1. The topological polar surface area (TPSA) is 19.6 Å². The number of fused-ring (bicyclic) bond motifs is 5. The van der Waals surface area contributed by atoms with Crippen molar-refractivity contribution in [3.8, 4) is 11.1 Å². The summed E-state index contributed by atoms with van der Waals surface area (Å²) in [5.41, 5.74) is 21.0. The summed E-state index contributed by atoms with van der Waals surface area (Å²) in [6.07, 6.45) is 0. The summed E-state index contributed by atoms with van der Waals surface area (Å²) in [6.45, 7) is 17.4. The van der Waals surface area contributed by atoms with E-state index in [2.05, 4.69) is 223 Å². The van der Waals surface area contributed by atoms with Gasteiger partial charge in [0.05, 0.1) is 0 Å². The second-order valence-electron chi connectivity index (χ2n) is 17.5. The van der Waals surface area contributed by atoms with Crippen LogP contribution in [-0.2, 0) is 0 Å². The molecule has 3 heteroatoms. The van der Waals surface area contributed by atoms with Gasteiger partial charge in [0.25, 0.3) is 0 Å². The van der Waals surface area contributed by atoms with Crippen molar-refractivity contribution in [1.29, 1.82) is 0 Å². The fourth-order valence-corrected chi connectivity index (χ4v) is 9.59. The first-order valence-corrected chi connectivity index (χ1v) is 21.3. The standard InChI is InChI=1S/C58H50N2O/c1-35-17-36(2)22-51(21-35)59(52-23-37(3)18-38(4)24-52)49-14-11-44-29-43(9-10-45(44)30-49)47-13-16-55-56-32-46-12-15-50(31-48(46)34-58(56)61-57(55)33-47)60(53-25-39(5)19-40(6)26-53)54-27-41(7)20-42(8)28-54/h9-34H,1-8H3. The van der Waals surface area contributed by atoms with Crippen molar-refractivity contribution in [3.05, 3.63) is 202 Å². The van der Waals surface area contributed by atoms with Gasteiger partial charge in [0, 0.05) is 44.9 Å². The Hall–Kier alpha value is -7.10. The van der Waals surface area contributed by atoms with Crippen LogP contribution in [0.25, 0.3) is 54.6 Å². The molecule has 0 aliphatic heterocycles. The minimum Gasteiger partial charge on any atom is -0.456 e. The van der Waals surface area contributed by atoms with Crippen molar-refractivity contribution in [2.75, 3.05) is 9.80 Å². The molecule has 298 valence electrons. The average Bonchev–Trinajstić information content (AvgIpc) is 3.55. The van der Waals surface area contributed by atoms with Crippen LogP contribution >= 0.6 is 0 Å². The van der Waals surface area contributed by atoms with Crippen molar-refractivity contribution < 1.29 is 4.42 Å². The van der Waals surface area contributed by atoms with E-state index < -0.39 is 0 Å². The molecule has 3 nitrogen and oxygen atoms in total. The van der Waals surface area contributed by atoms with E-state index in [0.717, 1.165) is 61.2 Å². The Morgan fingerprint density at radius 2 is 0.623 bits per heavy atom. The molecule has 10 rings (SSSR count). The number of hydrogen-bond donors (Lipinski definition) is 0. The molecule has 0 amide bonds. The second-order valence-corrected chi connectivity index (χ2v) is 17.5. The van der Waals surface area contributed by atoms with E-state index in [4.69, 9.17) is 4.42 Å². The van der Waals surface area contributed by atoms with Gasteiger partial charge in [-0.05, 0) is 236 Å². The average molecular weight is 791 g/mol. The maximum absolute atomic E-state index is 6.68. The third kappa shape index (κ3) is 7.31. The molecule has 0 aliphatic carbocycles. The number of hydrogen-bond acceptors (Lipinski definition) is 3. The lowest BCUT2D eigenvalue weighted by molar-refractivity contribution is 0.669. The maximum Gasteiger partial charge on any atom is 0.136 e. The Bertz CT molecular complexity index is 3180. The minimum atomic E-state index is 0.892. The summed E-state index contributed by atoms with van der Waals surface area (Å²) in [7, 11) is 0. The summed E-state index contributed by atoms with van der Waals surface area (Å²) in [5, 5.41) is 6.98. The highest BCUT2D eigenvalue weighted by Crippen LogP contribution is 2.42.